The molecule has 134 valence electrons. The third-order valence-electron chi connectivity index (χ3n) is 5.27. The smallest absolute Gasteiger partial charge is 0.0406 e. The maximum atomic E-state index is 2.34. The quantitative estimate of drug-likeness (QED) is 0.496. The number of benzene rings is 3. The summed E-state index contributed by atoms with van der Waals surface area (Å²) in [5, 5.41) is 0. The summed E-state index contributed by atoms with van der Waals surface area (Å²) in [5.41, 5.74) is 9.03. The van der Waals surface area contributed by atoms with Gasteiger partial charge in [-0.1, -0.05) is 84.4 Å². The highest BCUT2D eigenvalue weighted by Gasteiger charge is 2.15. The highest BCUT2D eigenvalue weighted by Crippen LogP contribution is 2.33. The lowest BCUT2D eigenvalue weighted by molar-refractivity contribution is 0.902. The number of hydrogen-bond acceptors (Lipinski definition) is 1. The molecule has 0 unspecified atom stereocenters. The first-order valence-electron chi connectivity index (χ1n) is 9.58. The Labute approximate surface area is 162 Å². The van der Waals surface area contributed by atoms with Gasteiger partial charge in [0.1, 0.15) is 0 Å². The van der Waals surface area contributed by atoms with E-state index in [0.29, 0.717) is 0 Å². The zero-order chi connectivity index (χ0) is 18.6. The fraction of sp³-hybridized carbons (Fsp3) is 0.154. The highest BCUT2D eigenvalue weighted by molar-refractivity contribution is 5.81. The van der Waals surface area contributed by atoms with E-state index in [-0.39, 0.29) is 0 Å². The van der Waals surface area contributed by atoms with E-state index in [9.17, 15) is 0 Å². The summed E-state index contributed by atoms with van der Waals surface area (Å²) >= 11 is 0. The van der Waals surface area contributed by atoms with Crippen LogP contribution in [0.4, 0.5) is 5.69 Å². The molecule has 0 bridgehead atoms. The fourth-order valence-electron chi connectivity index (χ4n) is 3.66. The number of rotatable bonds is 4. The lowest BCUT2D eigenvalue weighted by Gasteiger charge is -2.27. The second-order valence-corrected chi connectivity index (χ2v) is 7.14. The van der Waals surface area contributed by atoms with Crippen molar-refractivity contribution in [2.24, 2.45) is 0 Å². The summed E-state index contributed by atoms with van der Waals surface area (Å²) in [5.74, 6) is 0. The van der Waals surface area contributed by atoms with Crippen LogP contribution in [0, 0.1) is 6.92 Å². The Morgan fingerprint density at radius 3 is 2.00 bits per heavy atom. The van der Waals surface area contributed by atoms with Crippen molar-refractivity contribution in [3.8, 4) is 11.1 Å². The average Bonchev–Trinajstić information content (AvgIpc) is 2.74. The van der Waals surface area contributed by atoms with Gasteiger partial charge < -0.3 is 4.90 Å². The number of allylic oxidation sites excluding steroid dienone is 4. The van der Waals surface area contributed by atoms with E-state index < -0.39 is 0 Å². The standard InChI is InChI=1S/C26H25N/c1-20-12-14-21(15-13-20)22-16-18-24(19-17-22)27(2)26-11-7-6-10-25(26)23-8-4-3-5-9-23/h3-6,8-10,12-19H,7,11H2,1-2H3. The van der Waals surface area contributed by atoms with Gasteiger partial charge in [0.05, 0.1) is 0 Å². The van der Waals surface area contributed by atoms with Crippen molar-refractivity contribution < 1.29 is 0 Å². The summed E-state index contributed by atoms with van der Waals surface area (Å²) < 4.78 is 0. The largest absolute Gasteiger partial charge is 0.348 e. The molecule has 3 aromatic rings. The Hall–Kier alpha value is -3.06. The van der Waals surface area contributed by atoms with Gasteiger partial charge in [-0.25, -0.2) is 0 Å². The van der Waals surface area contributed by atoms with Gasteiger partial charge in [0.2, 0.25) is 0 Å². The van der Waals surface area contributed by atoms with Crippen molar-refractivity contribution in [1.29, 1.82) is 0 Å². The SMILES string of the molecule is Cc1ccc(-c2ccc(N(C)C3=C(c4ccccc4)C=CCC3)cc2)cc1. The van der Waals surface area contributed by atoms with Crippen molar-refractivity contribution in [2.75, 3.05) is 11.9 Å². The first-order chi connectivity index (χ1) is 13.2. The molecule has 27 heavy (non-hydrogen) atoms. The molecule has 0 heterocycles. The zero-order valence-corrected chi connectivity index (χ0v) is 16.0. The molecule has 0 saturated carbocycles. The van der Waals surface area contributed by atoms with Gasteiger partial charge in [0, 0.05) is 24.0 Å². The highest BCUT2D eigenvalue weighted by atomic mass is 15.1. The molecule has 0 aliphatic heterocycles. The molecule has 3 aromatic carbocycles. The Bertz CT molecular complexity index is 961. The van der Waals surface area contributed by atoms with Gasteiger partial charge in [-0.3, -0.25) is 0 Å². The predicted molar refractivity (Wildman–Crippen MR) is 117 cm³/mol. The van der Waals surface area contributed by atoms with Gasteiger partial charge in [0.25, 0.3) is 0 Å². The molecule has 0 aromatic heterocycles. The van der Waals surface area contributed by atoms with Crippen molar-refractivity contribution in [3.05, 3.63) is 108 Å². The Balaban J connectivity index is 1.65. The molecule has 1 heteroatoms. The molecule has 0 saturated heterocycles. The molecule has 0 fully saturated rings. The lowest BCUT2D eigenvalue weighted by Crippen LogP contribution is -2.19. The van der Waals surface area contributed by atoms with E-state index in [1.54, 1.807) is 0 Å². The van der Waals surface area contributed by atoms with Gasteiger partial charge in [-0.15, -0.1) is 0 Å². The van der Waals surface area contributed by atoms with Gasteiger partial charge in [-0.2, -0.15) is 0 Å². The van der Waals surface area contributed by atoms with Crippen molar-refractivity contribution in [2.45, 2.75) is 19.8 Å². The van der Waals surface area contributed by atoms with Crippen molar-refractivity contribution in [1.82, 2.24) is 0 Å². The molecule has 1 aliphatic rings. The second kappa shape index (κ2) is 7.67. The minimum absolute atomic E-state index is 1.07. The maximum Gasteiger partial charge on any atom is 0.0406 e. The van der Waals surface area contributed by atoms with E-state index in [1.165, 1.54) is 39.2 Å². The monoisotopic (exact) mass is 351 g/mol. The van der Waals surface area contributed by atoms with Crippen LogP contribution in [0.15, 0.2) is 96.7 Å². The number of aryl methyl sites for hydroxylation is 1. The van der Waals surface area contributed by atoms with Crippen LogP contribution >= 0.6 is 0 Å². The van der Waals surface area contributed by atoms with Crippen LogP contribution in [0.3, 0.4) is 0 Å². The summed E-state index contributed by atoms with van der Waals surface area (Å²) in [4.78, 5) is 2.34. The first kappa shape index (κ1) is 17.4. The molecule has 0 N–H and O–H groups in total. The predicted octanol–water partition coefficient (Wildman–Crippen LogP) is 6.86. The molecule has 0 amide bonds. The third-order valence-corrected chi connectivity index (χ3v) is 5.27. The van der Waals surface area contributed by atoms with Crippen LogP contribution in [-0.4, -0.2) is 7.05 Å². The molecule has 0 radical (unpaired) electrons. The number of hydrogen-bond donors (Lipinski definition) is 0. The average molecular weight is 351 g/mol. The minimum Gasteiger partial charge on any atom is -0.348 e. The molecule has 0 atom stereocenters. The second-order valence-electron chi connectivity index (χ2n) is 7.14. The first-order valence-corrected chi connectivity index (χ1v) is 9.58. The molecule has 0 spiro atoms. The molecule has 4 rings (SSSR count). The molecular weight excluding hydrogens is 326 g/mol. The summed E-state index contributed by atoms with van der Waals surface area (Å²) in [6.45, 7) is 2.12. The zero-order valence-electron chi connectivity index (χ0n) is 16.0. The Morgan fingerprint density at radius 2 is 1.33 bits per heavy atom. The topological polar surface area (TPSA) is 3.24 Å². The summed E-state index contributed by atoms with van der Waals surface area (Å²) in [6, 6.07) is 28.3. The Kier molecular flexibility index (Phi) is 4.93. The normalized spacial score (nSPS) is 13.7. The van der Waals surface area contributed by atoms with Crippen molar-refractivity contribution >= 4 is 11.3 Å². The van der Waals surface area contributed by atoms with E-state index in [2.05, 4.69) is 110 Å². The fourth-order valence-corrected chi connectivity index (χ4v) is 3.66. The molecular formula is C26H25N. The van der Waals surface area contributed by atoms with Crippen LogP contribution in [0.25, 0.3) is 16.7 Å². The number of anilines is 1. The lowest BCUT2D eigenvalue weighted by atomic mass is 9.95. The third kappa shape index (κ3) is 3.73. The van der Waals surface area contributed by atoms with Crippen LogP contribution in [-0.2, 0) is 0 Å². The minimum atomic E-state index is 1.07. The molecule has 1 aliphatic carbocycles. The van der Waals surface area contributed by atoms with Gasteiger partial charge in [-0.05, 0) is 48.6 Å². The van der Waals surface area contributed by atoms with Crippen LogP contribution in [0.1, 0.15) is 24.0 Å². The van der Waals surface area contributed by atoms with E-state index in [1.807, 2.05) is 0 Å². The van der Waals surface area contributed by atoms with Crippen LogP contribution in [0.2, 0.25) is 0 Å². The van der Waals surface area contributed by atoms with E-state index in [4.69, 9.17) is 0 Å². The van der Waals surface area contributed by atoms with E-state index >= 15 is 0 Å². The van der Waals surface area contributed by atoms with Crippen LogP contribution < -0.4 is 4.90 Å². The molecule has 1 nitrogen and oxygen atoms in total. The summed E-state index contributed by atoms with van der Waals surface area (Å²) in [6.07, 6.45) is 6.71. The number of nitrogens with zero attached hydrogens (tertiary/aromatic N) is 1. The maximum absolute atomic E-state index is 2.34. The van der Waals surface area contributed by atoms with Gasteiger partial charge >= 0.3 is 0 Å². The van der Waals surface area contributed by atoms with Crippen LogP contribution in [0.5, 0.6) is 0 Å². The van der Waals surface area contributed by atoms with E-state index in [0.717, 1.165) is 12.8 Å². The summed E-state index contributed by atoms with van der Waals surface area (Å²) in [7, 11) is 2.18. The van der Waals surface area contributed by atoms with Crippen molar-refractivity contribution in [3.63, 3.8) is 0 Å². The van der Waals surface area contributed by atoms with Gasteiger partial charge in [0.15, 0.2) is 0 Å². The Morgan fingerprint density at radius 1 is 0.704 bits per heavy atom.